The SMILES string of the molecule is CC(C)(C)NCC(O)COc1ccc(Cl)cc1C#N.Cl. The number of aliphatic hydroxyl groups is 1. The molecule has 6 heteroatoms. The van der Waals surface area contributed by atoms with Crippen LogP contribution in [0.25, 0.3) is 0 Å². The second-order valence-electron chi connectivity index (χ2n) is 5.35. The fourth-order valence-corrected chi connectivity index (χ4v) is 1.56. The van der Waals surface area contributed by atoms with Crippen LogP contribution in [-0.2, 0) is 0 Å². The maximum absolute atomic E-state index is 9.80. The maximum Gasteiger partial charge on any atom is 0.137 e. The Kier molecular flexibility index (Phi) is 7.92. The average Bonchev–Trinajstić information content (AvgIpc) is 2.33. The molecule has 0 spiro atoms. The number of ether oxygens (including phenoxy) is 1. The molecule has 0 aliphatic carbocycles. The van der Waals surface area contributed by atoms with Gasteiger partial charge in [0.05, 0.1) is 5.56 Å². The summed E-state index contributed by atoms with van der Waals surface area (Å²) in [5.41, 5.74) is 0.308. The van der Waals surface area contributed by atoms with Gasteiger partial charge in [0.1, 0.15) is 24.5 Å². The smallest absolute Gasteiger partial charge is 0.137 e. The minimum atomic E-state index is -0.638. The van der Waals surface area contributed by atoms with Crippen molar-refractivity contribution in [2.45, 2.75) is 32.4 Å². The minimum Gasteiger partial charge on any atom is -0.489 e. The molecule has 0 fully saturated rings. The van der Waals surface area contributed by atoms with E-state index in [1.165, 1.54) is 6.07 Å². The number of β-amino-alcohol motifs (C(OH)–C–C–N with tert-alkyl or cyclic N) is 1. The lowest BCUT2D eigenvalue weighted by molar-refractivity contribution is 0.0999. The predicted molar refractivity (Wildman–Crippen MR) is 82.7 cm³/mol. The van der Waals surface area contributed by atoms with Crippen molar-refractivity contribution >= 4 is 24.0 Å². The maximum atomic E-state index is 9.80. The summed E-state index contributed by atoms with van der Waals surface area (Å²) in [6.07, 6.45) is -0.638. The van der Waals surface area contributed by atoms with Crippen molar-refractivity contribution in [3.63, 3.8) is 0 Å². The summed E-state index contributed by atoms with van der Waals surface area (Å²) in [5.74, 6) is 0.432. The molecule has 1 aromatic rings. The molecule has 0 aliphatic heterocycles. The van der Waals surface area contributed by atoms with Gasteiger partial charge in [0.15, 0.2) is 0 Å². The van der Waals surface area contributed by atoms with Crippen LogP contribution in [0.3, 0.4) is 0 Å². The molecule has 1 unspecified atom stereocenters. The lowest BCUT2D eigenvalue weighted by Crippen LogP contribution is -2.42. The summed E-state index contributed by atoms with van der Waals surface area (Å²) in [5, 5.41) is 22.4. The van der Waals surface area contributed by atoms with Gasteiger partial charge in [-0.2, -0.15) is 5.26 Å². The van der Waals surface area contributed by atoms with Crippen molar-refractivity contribution in [1.82, 2.24) is 5.32 Å². The van der Waals surface area contributed by atoms with E-state index in [0.29, 0.717) is 22.9 Å². The summed E-state index contributed by atoms with van der Waals surface area (Å²) in [6, 6.07) is 6.83. The Morgan fingerprint density at radius 3 is 2.65 bits per heavy atom. The number of hydrogen-bond acceptors (Lipinski definition) is 4. The molecule has 1 rings (SSSR count). The van der Waals surface area contributed by atoms with Crippen molar-refractivity contribution in [3.8, 4) is 11.8 Å². The van der Waals surface area contributed by atoms with Crippen LogP contribution in [-0.4, -0.2) is 29.9 Å². The minimum absolute atomic E-state index is 0. The van der Waals surface area contributed by atoms with E-state index in [-0.39, 0.29) is 24.6 Å². The highest BCUT2D eigenvalue weighted by molar-refractivity contribution is 6.30. The number of halogens is 2. The second kappa shape index (κ2) is 8.33. The van der Waals surface area contributed by atoms with Crippen LogP contribution >= 0.6 is 24.0 Å². The first-order valence-electron chi connectivity index (χ1n) is 6.07. The van der Waals surface area contributed by atoms with Crippen LogP contribution in [0.1, 0.15) is 26.3 Å². The number of aliphatic hydroxyl groups excluding tert-OH is 1. The highest BCUT2D eigenvalue weighted by Crippen LogP contribution is 2.22. The summed E-state index contributed by atoms with van der Waals surface area (Å²) in [4.78, 5) is 0. The third kappa shape index (κ3) is 6.97. The van der Waals surface area contributed by atoms with Crippen molar-refractivity contribution in [3.05, 3.63) is 28.8 Å². The van der Waals surface area contributed by atoms with Crippen LogP contribution in [0.2, 0.25) is 5.02 Å². The summed E-state index contributed by atoms with van der Waals surface area (Å²) in [7, 11) is 0. The van der Waals surface area contributed by atoms with E-state index in [2.05, 4.69) is 5.32 Å². The normalized spacial score (nSPS) is 12.2. The third-order valence-electron chi connectivity index (χ3n) is 2.36. The molecule has 0 radical (unpaired) electrons. The zero-order valence-corrected chi connectivity index (χ0v) is 13.4. The largest absolute Gasteiger partial charge is 0.489 e. The second-order valence-corrected chi connectivity index (χ2v) is 5.78. The number of nitriles is 1. The highest BCUT2D eigenvalue weighted by Gasteiger charge is 2.13. The van der Waals surface area contributed by atoms with Crippen molar-refractivity contribution in [2.24, 2.45) is 0 Å². The Morgan fingerprint density at radius 1 is 1.45 bits per heavy atom. The quantitative estimate of drug-likeness (QED) is 0.876. The number of benzene rings is 1. The molecule has 0 saturated carbocycles. The Hall–Kier alpha value is -0.990. The molecule has 4 nitrogen and oxygen atoms in total. The molecular formula is C14H20Cl2N2O2. The Labute approximate surface area is 131 Å². The van der Waals surface area contributed by atoms with E-state index in [0.717, 1.165) is 0 Å². The summed E-state index contributed by atoms with van der Waals surface area (Å²) >= 11 is 5.79. The molecule has 1 aromatic carbocycles. The van der Waals surface area contributed by atoms with E-state index in [9.17, 15) is 5.11 Å². The fourth-order valence-electron chi connectivity index (χ4n) is 1.38. The van der Waals surface area contributed by atoms with E-state index >= 15 is 0 Å². The van der Waals surface area contributed by atoms with Gasteiger partial charge in [0, 0.05) is 17.1 Å². The van der Waals surface area contributed by atoms with Gasteiger partial charge in [-0.1, -0.05) is 11.6 Å². The van der Waals surface area contributed by atoms with Gasteiger partial charge >= 0.3 is 0 Å². The molecule has 0 aromatic heterocycles. The molecule has 0 amide bonds. The predicted octanol–water partition coefficient (Wildman–Crippen LogP) is 2.76. The van der Waals surface area contributed by atoms with Gasteiger partial charge in [-0.05, 0) is 39.0 Å². The summed E-state index contributed by atoms with van der Waals surface area (Å²) < 4.78 is 5.44. The van der Waals surface area contributed by atoms with Crippen molar-refractivity contribution in [2.75, 3.05) is 13.2 Å². The topological polar surface area (TPSA) is 65.3 Å². The van der Waals surface area contributed by atoms with E-state index in [4.69, 9.17) is 21.6 Å². The lowest BCUT2D eigenvalue weighted by Gasteiger charge is -2.23. The zero-order chi connectivity index (χ0) is 14.5. The van der Waals surface area contributed by atoms with E-state index in [1.807, 2.05) is 26.8 Å². The molecule has 0 saturated heterocycles. The molecule has 20 heavy (non-hydrogen) atoms. The Morgan fingerprint density at radius 2 is 2.10 bits per heavy atom. The summed E-state index contributed by atoms with van der Waals surface area (Å²) in [6.45, 7) is 6.62. The highest BCUT2D eigenvalue weighted by atomic mass is 35.5. The molecule has 0 heterocycles. The number of hydrogen-bond donors (Lipinski definition) is 2. The number of nitrogens with zero attached hydrogens (tertiary/aromatic N) is 1. The first kappa shape index (κ1) is 19.0. The lowest BCUT2D eigenvalue weighted by atomic mass is 10.1. The van der Waals surface area contributed by atoms with Gasteiger partial charge in [-0.25, -0.2) is 0 Å². The molecular weight excluding hydrogens is 299 g/mol. The fraction of sp³-hybridized carbons (Fsp3) is 0.500. The number of rotatable bonds is 5. The van der Waals surface area contributed by atoms with Gasteiger partial charge in [0.2, 0.25) is 0 Å². The zero-order valence-electron chi connectivity index (χ0n) is 11.8. The standard InChI is InChI=1S/C14H19ClN2O2.ClH/c1-14(2,3)17-8-12(18)9-19-13-5-4-11(15)6-10(13)7-16;/h4-6,12,17-18H,8-9H2,1-3H3;1H. The van der Waals surface area contributed by atoms with Crippen LogP contribution < -0.4 is 10.1 Å². The van der Waals surface area contributed by atoms with Crippen LogP contribution in [0.5, 0.6) is 5.75 Å². The molecule has 1 atom stereocenters. The van der Waals surface area contributed by atoms with Gasteiger partial charge in [-0.15, -0.1) is 12.4 Å². The Balaban J connectivity index is 0.00000361. The van der Waals surface area contributed by atoms with Crippen molar-refractivity contribution in [1.29, 1.82) is 5.26 Å². The molecule has 0 aliphatic rings. The molecule has 0 bridgehead atoms. The van der Waals surface area contributed by atoms with Crippen LogP contribution in [0.4, 0.5) is 0 Å². The van der Waals surface area contributed by atoms with E-state index in [1.54, 1.807) is 12.1 Å². The van der Waals surface area contributed by atoms with Gasteiger partial charge in [0.25, 0.3) is 0 Å². The van der Waals surface area contributed by atoms with Gasteiger partial charge in [-0.3, -0.25) is 0 Å². The first-order valence-corrected chi connectivity index (χ1v) is 6.45. The molecule has 112 valence electrons. The first-order chi connectivity index (χ1) is 8.81. The molecule has 2 N–H and O–H groups in total. The van der Waals surface area contributed by atoms with Crippen LogP contribution in [0.15, 0.2) is 18.2 Å². The van der Waals surface area contributed by atoms with Gasteiger partial charge < -0.3 is 15.2 Å². The third-order valence-corrected chi connectivity index (χ3v) is 2.60. The van der Waals surface area contributed by atoms with Crippen LogP contribution in [0, 0.1) is 11.3 Å². The van der Waals surface area contributed by atoms with Crippen molar-refractivity contribution < 1.29 is 9.84 Å². The Bertz CT molecular complexity index is 467. The van der Waals surface area contributed by atoms with E-state index < -0.39 is 6.10 Å². The monoisotopic (exact) mass is 318 g/mol. The average molecular weight is 319 g/mol. The number of nitrogens with one attached hydrogen (secondary N) is 1.